The van der Waals surface area contributed by atoms with Crippen molar-refractivity contribution in [2.75, 3.05) is 21.7 Å². The number of anilines is 4. The molecular formula is C41H51BF2IN8O8+. The number of hydrogen-bond donors (Lipinski definition) is 6. The molecule has 326 valence electrons. The Hall–Kier alpha value is -6.00. The van der Waals surface area contributed by atoms with Gasteiger partial charge in [0.2, 0.25) is 3.57 Å². The van der Waals surface area contributed by atoms with E-state index in [4.69, 9.17) is 30.0 Å². The van der Waals surface area contributed by atoms with Gasteiger partial charge in [0.05, 0.1) is 30.0 Å². The summed E-state index contributed by atoms with van der Waals surface area (Å²) in [5.41, 5.74) is 4.71. The van der Waals surface area contributed by atoms with Crippen LogP contribution in [-0.4, -0.2) is 72.2 Å². The van der Waals surface area contributed by atoms with Crippen molar-refractivity contribution in [1.82, 2.24) is 19.9 Å². The number of benzene rings is 1. The molecule has 1 aromatic carbocycles. The topological polar surface area (TPSA) is 233 Å². The highest BCUT2D eigenvalue weighted by Gasteiger charge is 2.24. The molecule has 7 N–H and O–H groups in total. The molecule has 0 saturated heterocycles. The summed E-state index contributed by atoms with van der Waals surface area (Å²) in [6.07, 6.45) is 9.31. The molecule has 4 heterocycles. The third kappa shape index (κ3) is 22.3. The number of nitrogens with two attached hydrogens (primary N) is 1. The average molecular weight is 958 g/mol. The lowest BCUT2D eigenvalue weighted by atomic mass is 9.80. The standard InChI is InChI=1S/C16H17IN2O2.C10H15BN2O4.C10H13FN2O2.C5H5FN2/c1-16(2,3)21-15(20)19-14-9-10-18-11-13(14)17-12-7-5-4-6-8-12;1-10(2,3)17-9(14)13-8-4-5-12-6-7(8)11(15)16;1-10(2,3)15-9(14)13-8-4-5-12-6-7(8)11;6-4-3-8-2-1-5(4)7/h4-11H,1-3H3;4-6,15-16H,1-3H3,(H,12,13,14);4-6H,1-3H3,(H,12,13,14);1-3H,(H2,7,8)/p+1/i;;11-1;6-1. The Morgan fingerprint density at radius 3 is 1.44 bits per heavy atom. The van der Waals surface area contributed by atoms with E-state index in [0.717, 1.165) is 21.7 Å². The highest BCUT2D eigenvalue weighted by molar-refractivity contribution is 6.60. The Bertz CT molecular complexity index is 2130. The van der Waals surface area contributed by atoms with Crippen LogP contribution in [0.2, 0.25) is 0 Å². The van der Waals surface area contributed by atoms with Gasteiger partial charge in [-0.3, -0.25) is 35.9 Å². The van der Waals surface area contributed by atoms with Crippen LogP contribution in [0, 0.1) is 18.8 Å². The second kappa shape index (κ2) is 24.3. The van der Waals surface area contributed by atoms with Gasteiger partial charge in [0.15, 0.2) is 15.2 Å². The van der Waals surface area contributed by atoms with Gasteiger partial charge >= 0.3 is 46.6 Å². The lowest BCUT2D eigenvalue weighted by molar-refractivity contribution is -0.596. The van der Waals surface area contributed by atoms with Crippen LogP contribution in [0.5, 0.6) is 0 Å². The van der Waals surface area contributed by atoms with Crippen LogP contribution in [0.15, 0.2) is 104 Å². The lowest BCUT2D eigenvalue weighted by Gasteiger charge is -2.20. The van der Waals surface area contributed by atoms with Crippen LogP contribution in [0.25, 0.3) is 0 Å². The summed E-state index contributed by atoms with van der Waals surface area (Å²) in [7, 11) is -1.70. The second-order valence-electron chi connectivity index (χ2n) is 15.2. The third-order valence-corrected chi connectivity index (χ3v) is 9.11. The van der Waals surface area contributed by atoms with Gasteiger partial charge in [-0.05, 0) is 98.7 Å². The highest BCUT2D eigenvalue weighted by atomic mass is 127. The maximum absolute atomic E-state index is 13.1. The first-order valence-corrected chi connectivity index (χ1v) is 20.5. The van der Waals surface area contributed by atoms with E-state index < -0.39 is 75.0 Å². The van der Waals surface area contributed by atoms with E-state index in [2.05, 4.69) is 48.0 Å². The summed E-state index contributed by atoms with van der Waals surface area (Å²) in [6.45, 7) is 15.9. The molecule has 0 atom stereocenters. The van der Waals surface area contributed by atoms with Crippen molar-refractivity contribution in [2.45, 2.75) is 79.1 Å². The molecule has 0 spiro atoms. The molecule has 5 rings (SSSR count). The van der Waals surface area contributed by atoms with Crippen LogP contribution >= 0.6 is 0 Å². The molecule has 0 aliphatic heterocycles. The monoisotopic (exact) mass is 957 g/mol. The van der Waals surface area contributed by atoms with E-state index in [9.17, 15) is 23.2 Å². The first-order chi connectivity index (χ1) is 28.4. The molecule has 20 heteroatoms. The SMILES string of the molecule is CC(C)(C)OC(=O)Nc1ccncc1B(O)O.CC(C)(C)OC(=O)Nc1ccncc1[18F].CC(C)(C)OC(=O)Nc1ccncc1[I+]c1ccccc1.Nc1ccncc1[18F]. The number of rotatable bonds is 6. The van der Waals surface area contributed by atoms with Gasteiger partial charge in [-0.25, -0.2) is 23.2 Å². The number of halogens is 3. The molecule has 4 aromatic heterocycles. The van der Waals surface area contributed by atoms with Crippen molar-refractivity contribution in [3.05, 3.63) is 123 Å². The zero-order valence-electron chi connectivity index (χ0n) is 35.2. The lowest BCUT2D eigenvalue weighted by Crippen LogP contribution is -3.61. The van der Waals surface area contributed by atoms with Crippen LogP contribution in [0.1, 0.15) is 62.3 Å². The largest absolute Gasteiger partial charge is 0.492 e. The third-order valence-electron chi connectivity index (χ3n) is 6.33. The van der Waals surface area contributed by atoms with E-state index in [-0.39, 0.29) is 22.5 Å². The van der Waals surface area contributed by atoms with Crippen LogP contribution in [0.3, 0.4) is 0 Å². The number of hydrogen-bond acceptors (Lipinski definition) is 13. The van der Waals surface area contributed by atoms with Crippen molar-refractivity contribution in [1.29, 1.82) is 0 Å². The molecule has 16 nitrogen and oxygen atoms in total. The molecule has 0 fully saturated rings. The maximum Gasteiger partial charge on any atom is 0.492 e. The predicted molar refractivity (Wildman–Crippen MR) is 225 cm³/mol. The summed E-state index contributed by atoms with van der Waals surface area (Å²) < 4.78 is 42.8. The van der Waals surface area contributed by atoms with Crippen LogP contribution in [-0.2, 0) is 14.2 Å². The van der Waals surface area contributed by atoms with Crippen LogP contribution in [0.4, 0.5) is 45.9 Å². The van der Waals surface area contributed by atoms with E-state index in [1.165, 1.54) is 46.6 Å². The molecule has 0 saturated carbocycles. The zero-order valence-corrected chi connectivity index (χ0v) is 37.4. The fourth-order valence-corrected chi connectivity index (χ4v) is 6.33. The maximum atomic E-state index is 13.1. The highest BCUT2D eigenvalue weighted by Crippen LogP contribution is 2.15. The van der Waals surface area contributed by atoms with E-state index in [0.29, 0.717) is 0 Å². The van der Waals surface area contributed by atoms with E-state index in [1.807, 2.05) is 51.2 Å². The predicted octanol–water partition coefficient (Wildman–Crippen LogP) is 4.04. The normalized spacial score (nSPS) is 10.7. The Labute approximate surface area is 364 Å². The molecular weight excluding hydrogens is 906 g/mol. The van der Waals surface area contributed by atoms with Crippen molar-refractivity contribution in [2.24, 2.45) is 0 Å². The van der Waals surface area contributed by atoms with E-state index in [1.54, 1.807) is 47.7 Å². The molecule has 0 aliphatic carbocycles. The van der Waals surface area contributed by atoms with Gasteiger partial charge in [-0.2, -0.15) is 0 Å². The Kier molecular flexibility index (Phi) is 20.4. The average Bonchev–Trinajstić information content (AvgIpc) is 3.14. The van der Waals surface area contributed by atoms with Gasteiger partial charge in [0.1, 0.15) is 22.5 Å². The first kappa shape index (κ1) is 51.1. The summed E-state index contributed by atoms with van der Waals surface area (Å²) in [5, 5.41) is 25.7. The number of nitrogens with one attached hydrogen (secondary N) is 3. The molecule has 0 radical (unpaired) electrons. The number of nitrogen functional groups attached to an aromatic ring is 1. The molecule has 0 aliphatic rings. The van der Waals surface area contributed by atoms with Crippen molar-refractivity contribution in [3.8, 4) is 0 Å². The van der Waals surface area contributed by atoms with Crippen molar-refractivity contribution < 1.29 is 68.6 Å². The summed E-state index contributed by atoms with van der Waals surface area (Å²) in [5.74, 6) is -1.06. The van der Waals surface area contributed by atoms with E-state index >= 15 is 0 Å². The summed E-state index contributed by atoms with van der Waals surface area (Å²) in [6, 6.07) is 16.3. The smallest absolute Gasteiger partial charge is 0.444 e. The van der Waals surface area contributed by atoms with Gasteiger partial charge in [-0.15, -0.1) is 0 Å². The fraction of sp³-hybridized carbons (Fsp3) is 0.293. The Morgan fingerprint density at radius 1 is 0.590 bits per heavy atom. The number of ether oxygens (including phenoxy) is 3. The van der Waals surface area contributed by atoms with Gasteiger partial charge in [0.25, 0.3) is 0 Å². The number of pyridine rings is 4. The molecule has 3 amide bonds. The van der Waals surface area contributed by atoms with Gasteiger partial charge in [0, 0.05) is 42.1 Å². The van der Waals surface area contributed by atoms with Crippen molar-refractivity contribution >= 4 is 53.6 Å². The summed E-state index contributed by atoms with van der Waals surface area (Å²) in [4.78, 5) is 49.6. The van der Waals surface area contributed by atoms with Gasteiger partial charge in [-0.1, -0.05) is 18.2 Å². The number of nitrogens with zero attached hydrogens (tertiary/aromatic N) is 4. The van der Waals surface area contributed by atoms with Gasteiger partial charge < -0.3 is 30.0 Å². The fourth-order valence-electron chi connectivity index (χ4n) is 3.98. The minimum atomic E-state index is -1.70. The summed E-state index contributed by atoms with van der Waals surface area (Å²) >= 11 is -0.392. The number of aromatic nitrogens is 4. The molecule has 61 heavy (non-hydrogen) atoms. The second-order valence-corrected chi connectivity index (χ2v) is 18.2. The number of carbonyl (C=O) groups excluding carboxylic acids is 3. The van der Waals surface area contributed by atoms with Crippen molar-refractivity contribution in [3.63, 3.8) is 0 Å². The quantitative estimate of drug-likeness (QED) is 0.0803. The molecule has 0 unspecified atom stereocenters. The number of amides is 3. The Morgan fingerprint density at radius 2 is 1.00 bits per heavy atom. The Balaban J connectivity index is 0.000000292. The molecule has 0 bridgehead atoms. The van der Waals surface area contributed by atoms with Crippen LogP contribution < -0.4 is 48.4 Å². The zero-order chi connectivity index (χ0) is 45.8. The minimum absolute atomic E-state index is 0.0549. The first-order valence-electron chi connectivity index (χ1n) is 18.3. The molecule has 5 aromatic rings. The minimum Gasteiger partial charge on any atom is -0.444 e. The number of carbonyl (C=O) groups is 3.